The Hall–Kier alpha value is 3.28. The number of halogens is 2. The molecule has 1 unspecified atom stereocenters. The van der Waals surface area contributed by atoms with Crippen LogP contribution in [0, 0.1) is 0 Å². The molecule has 0 aromatic carbocycles. The van der Waals surface area contributed by atoms with Crippen molar-refractivity contribution in [2.45, 2.75) is 13.0 Å². The van der Waals surface area contributed by atoms with Gasteiger partial charge in [0.1, 0.15) is 6.10 Å². The van der Waals surface area contributed by atoms with Crippen molar-refractivity contribution in [3.8, 4) is 0 Å². The van der Waals surface area contributed by atoms with E-state index in [-0.39, 0.29) is 117 Å². The summed E-state index contributed by atoms with van der Waals surface area (Å²) in [4.78, 5) is 24.1. The molecule has 16 heavy (non-hydrogen) atoms. The maximum absolute atomic E-state index is 10.2. The van der Waals surface area contributed by atoms with E-state index in [4.69, 9.17) is 24.6 Å². The van der Waals surface area contributed by atoms with Gasteiger partial charge in [0, 0.05) is 0 Å². The first kappa shape index (κ1) is 36.5. The summed E-state index contributed by atoms with van der Waals surface area (Å²) < 4.78 is 21.4. The molecule has 0 aliphatic carbocycles. The first-order chi connectivity index (χ1) is 5.20. The molecule has 0 amide bonds. The van der Waals surface area contributed by atoms with Crippen LogP contribution in [-0.4, -0.2) is 137 Å². The number of carbonyl (C=O) groups is 1. The fourth-order valence-corrected chi connectivity index (χ4v) is 0. The molecule has 0 aromatic heterocycles. The van der Waals surface area contributed by atoms with Crippen LogP contribution in [0.25, 0.3) is 0 Å². The van der Waals surface area contributed by atoms with Gasteiger partial charge in [-0.1, -0.05) is 4.73 Å². The topological polar surface area (TPSA) is 124 Å². The second-order valence-corrected chi connectivity index (χ2v) is 2.69. The Morgan fingerprint density at radius 1 is 1.38 bits per heavy atom. The van der Waals surface area contributed by atoms with Crippen molar-refractivity contribution >= 4 is 131 Å². The molecule has 13 heteroatoms. The fourth-order valence-electron chi connectivity index (χ4n) is 0. The molecule has 7 nitrogen and oxygen atoms in total. The number of aliphatic carboxylic acids is 1. The Kier molecular flexibility index (Phi) is 47.0. The Morgan fingerprint density at radius 3 is 1.50 bits per heavy atom. The Bertz CT molecular complexity index is 192. The van der Waals surface area contributed by atoms with E-state index in [1.54, 1.807) is 0 Å². The molecule has 0 radical (unpaired) electrons. The number of hydrogen-bond donors (Lipinski definition) is 4. The summed E-state index contributed by atoms with van der Waals surface area (Å²) in [5.74, 6) is -1.19. The van der Waals surface area contributed by atoms with Crippen LogP contribution in [0.15, 0.2) is 0 Å². The van der Waals surface area contributed by atoms with Gasteiger partial charge in [-0.25, -0.2) is 9.36 Å². The minimum atomic E-state index is -4.81. The van der Waals surface area contributed by atoms with Crippen LogP contribution >= 0.6 is 20.2 Å². The average Bonchev–Trinajstić information content (AvgIpc) is 1.87. The summed E-state index contributed by atoms with van der Waals surface area (Å²) in [7, 11) is -4.81. The van der Waals surface area contributed by atoms with Crippen LogP contribution in [0.4, 0.5) is 4.53 Å². The number of aliphatic hydroxyl groups is 1. The van der Waals surface area contributed by atoms with E-state index in [1.165, 1.54) is 6.92 Å². The van der Waals surface area contributed by atoms with Crippen molar-refractivity contribution in [1.82, 2.24) is 0 Å². The summed E-state index contributed by atoms with van der Waals surface area (Å²) in [6, 6.07) is 0. The predicted molar refractivity (Wildman–Crippen MR) is 65.0 cm³/mol. The number of rotatable bonds is 2. The molecule has 1 atom stereocenters. The summed E-state index contributed by atoms with van der Waals surface area (Å²) in [5, 5.41) is 15.8. The van der Waals surface area contributed by atoms with Gasteiger partial charge in [0.15, 0.2) is 0 Å². The quantitative estimate of drug-likeness (QED) is 0.317. The standard InChI is InChI=1S/C3H6O3.2Ca.ClH.FH2O4P.Na.5H/c1-2(4)3(5)6;;;;1-5-6(2,3)4;;;;;;/h2,4H,1H3,(H,5,6);;;1H;(H2,2,3,4);;;;;;. The third-order valence-corrected chi connectivity index (χ3v) is 0.627. The van der Waals surface area contributed by atoms with E-state index in [2.05, 4.69) is 4.73 Å². The van der Waals surface area contributed by atoms with Gasteiger partial charge in [-0.05, 0) is 11.4 Å². The molecule has 0 heterocycles. The fraction of sp³-hybridized carbons (Fsp3) is 0.667. The summed E-state index contributed by atoms with van der Waals surface area (Å²) in [6.07, 6.45) is -1.23. The van der Waals surface area contributed by atoms with E-state index in [1.807, 2.05) is 0 Å². The van der Waals surface area contributed by atoms with Gasteiger partial charge in [-0.3, -0.25) is 0 Å². The molecule has 0 aromatic rings. The van der Waals surface area contributed by atoms with Gasteiger partial charge >= 0.3 is 119 Å². The van der Waals surface area contributed by atoms with E-state index in [0.717, 1.165) is 0 Å². The Balaban J connectivity index is -0.0000000250. The second kappa shape index (κ2) is 20.6. The van der Waals surface area contributed by atoms with Crippen LogP contribution in [-0.2, 0) is 14.1 Å². The van der Waals surface area contributed by atoms with Crippen LogP contribution in [0.1, 0.15) is 6.92 Å². The number of hydrogen-bond acceptors (Lipinski definition) is 4. The second-order valence-electron chi connectivity index (χ2n) is 1.57. The normalized spacial score (nSPS) is 9.56. The van der Waals surface area contributed by atoms with Crippen LogP contribution in [0.2, 0.25) is 0 Å². The van der Waals surface area contributed by atoms with Crippen molar-refractivity contribution < 1.29 is 38.6 Å². The molecule has 0 rings (SSSR count). The number of carboxylic acids is 1. The number of phosphoric acid groups is 1. The van der Waals surface area contributed by atoms with Gasteiger partial charge in [0.25, 0.3) is 0 Å². The molecule has 0 spiro atoms. The van der Waals surface area contributed by atoms with E-state index in [0.29, 0.717) is 0 Å². The average molecular weight is 351 g/mol. The SMILES string of the molecule is CC(O)C(=O)O.Cl.O=P(O)(O)OF.[CaH2].[CaH2].[NaH]. The van der Waals surface area contributed by atoms with Crippen LogP contribution in [0.5, 0.6) is 0 Å². The van der Waals surface area contributed by atoms with Crippen LogP contribution in [0.3, 0.4) is 0 Å². The molecule has 0 saturated carbocycles. The van der Waals surface area contributed by atoms with Gasteiger partial charge in [0.2, 0.25) is 0 Å². The van der Waals surface area contributed by atoms with Gasteiger partial charge in [0.05, 0.1) is 0 Å². The molecule has 0 fully saturated rings. The van der Waals surface area contributed by atoms with Crippen molar-refractivity contribution in [3.63, 3.8) is 0 Å². The summed E-state index contributed by atoms with van der Waals surface area (Å²) >= 11 is 0. The maximum atomic E-state index is 10.2. The molecule has 0 saturated heterocycles. The monoisotopic (exact) mass is 350 g/mol. The first-order valence-electron chi connectivity index (χ1n) is 2.47. The molecular formula is C3H14Ca2ClFNaO7P. The zero-order valence-corrected chi connectivity index (χ0v) is 8.04. The first-order valence-corrected chi connectivity index (χ1v) is 4.00. The van der Waals surface area contributed by atoms with Crippen LogP contribution < -0.4 is 0 Å². The zero-order valence-electron chi connectivity index (χ0n) is 6.32. The van der Waals surface area contributed by atoms with Crippen molar-refractivity contribution in [1.29, 1.82) is 0 Å². The van der Waals surface area contributed by atoms with E-state index >= 15 is 0 Å². The molecule has 4 N–H and O–H groups in total. The minimum absolute atomic E-state index is 0. The summed E-state index contributed by atoms with van der Waals surface area (Å²) in [5.41, 5.74) is 0. The van der Waals surface area contributed by atoms with Gasteiger partial charge in [-0.2, -0.15) is 0 Å². The van der Waals surface area contributed by atoms with Crippen molar-refractivity contribution in [2.75, 3.05) is 0 Å². The summed E-state index contributed by atoms with van der Waals surface area (Å²) in [6.45, 7) is 1.20. The third kappa shape index (κ3) is 43.3. The molecule has 0 bridgehead atoms. The Morgan fingerprint density at radius 2 is 1.50 bits per heavy atom. The molecule has 0 aliphatic heterocycles. The zero-order chi connectivity index (χ0) is 10.4. The molecular weight excluding hydrogens is 337 g/mol. The molecule has 92 valence electrons. The predicted octanol–water partition coefficient (Wildman–Crippen LogP) is -2.63. The van der Waals surface area contributed by atoms with Gasteiger partial charge < -0.3 is 20.0 Å². The molecule has 0 aliphatic rings. The number of carboxylic acid groups (broad SMARTS) is 1. The number of aliphatic hydroxyl groups excluding tert-OH is 1. The van der Waals surface area contributed by atoms with Gasteiger partial charge in [-0.15, -0.1) is 12.4 Å². The third-order valence-electron chi connectivity index (χ3n) is 0.447. The van der Waals surface area contributed by atoms with E-state index in [9.17, 15) is 9.32 Å². The van der Waals surface area contributed by atoms with Crippen molar-refractivity contribution in [2.24, 2.45) is 0 Å². The van der Waals surface area contributed by atoms with E-state index < -0.39 is 19.9 Å². The van der Waals surface area contributed by atoms with Crippen molar-refractivity contribution in [3.05, 3.63) is 0 Å². The Labute approximate surface area is 179 Å².